The Bertz CT molecular complexity index is 2290. The number of hydrogen-bond acceptors (Lipinski definition) is 6. The van der Waals surface area contributed by atoms with E-state index in [0.29, 0.717) is 11.3 Å². The second kappa shape index (κ2) is 11.3. The van der Waals surface area contributed by atoms with Crippen LogP contribution in [0.3, 0.4) is 0 Å². The van der Waals surface area contributed by atoms with Gasteiger partial charge in [-0.25, -0.2) is 13.9 Å². The predicted octanol–water partition coefficient (Wildman–Crippen LogP) is 4.51. The van der Waals surface area contributed by atoms with E-state index in [1.807, 2.05) is 13.0 Å². The number of hydrogen-bond donors (Lipinski definition) is 0. The van der Waals surface area contributed by atoms with Crippen LogP contribution in [0.25, 0.3) is 22.4 Å². The molecule has 44 heavy (non-hydrogen) atoms. The zero-order valence-corrected chi connectivity index (χ0v) is 24.7. The standard InChI is InChI=1S/C34H27N3O6S/c1-23-18-20-27(21-19-23)44(41,42)43-30-28(22-24-12-6-3-7-13-24)32(38)35(2)31-29(30)33(39)37(26-16-10-5-11-17-26)34(40)36(31)25-14-8-4-9-15-25/h3-21H,22H2,1-2H3. The molecule has 9 nitrogen and oxygen atoms in total. The maximum absolute atomic E-state index is 14.4. The van der Waals surface area contributed by atoms with Gasteiger partial charge in [-0.05, 0) is 48.9 Å². The molecular formula is C34H27N3O6S. The fraction of sp³-hybridized carbons (Fsp3) is 0.0882. The lowest BCUT2D eigenvalue weighted by atomic mass is 10.0. The molecule has 0 spiro atoms. The molecule has 0 N–H and O–H groups in total. The maximum Gasteiger partial charge on any atom is 0.341 e. The van der Waals surface area contributed by atoms with Crippen LogP contribution in [0, 0.1) is 6.92 Å². The number of aryl methyl sites for hydroxylation is 2. The van der Waals surface area contributed by atoms with Crippen molar-refractivity contribution in [3.8, 4) is 17.1 Å². The second-order valence-corrected chi connectivity index (χ2v) is 11.9. The summed E-state index contributed by atoms with van der Waals surface area (Å²) in [6.07, 6.45) is -0.0303. The zero-order valence-electron chi connectivity index (χ0n) is 23.9. The summed E-state index contributed by atoms with van der Waals surface area (Å²) in [5.74, 6) is -0.424. The molecule has 0 aliphatic carbocycles. The fourth-order valence-corrected chi connectivity index (χ4v) is 6.15. The Morgan fingerprint density at radius 1 is 0.659 bits per heavy atom. The van der Waals surface area contributed by atoms with Gasteiger partial charge in [-0.3, -0.25) is 14.2 Å². The Hall–Kier alpha value is -5.48. The van der Waals surface area contributed by atoms with Crippen molar-refractivity contribution in [2.75, 3.05) is 0 Å². The molecule has 220 valence electrons. The molecule has 6 rings (SSSR count). The lowest BCUT2D eigenvalue weighted by molar-refractivity contribution is 0.484. The summed E-state index contributed by atoms with van der Waals surface area (Å²) < 4.78 is 36.7. The third-order valence-electron chi connectivity index (χ3n) is 7.37. The van der Waals surface area contributed by atoms with E-state index in [4.69, 9.17) is 4.18 Å². The van der Waals surface area contributed by atoms with E-state index in [1.54, 1.807) is 97.1 Å². The molecular weight excluding hydrogens is 578 g/mol. The van der Waals surface area contributed by atoms with E-state index < -0.39 is 32.7 Å². The summed E-state index contributed by atoms with van der Waals surface area (Å²) in [7, 11) is -3.08. The van der Waals surface area contributed by atoms with Crippen molar-refractivity contribution in [2.24, 2.45) is 7.05 Å². The van der Waals surface area contributed by atoms with E-state index in [0.717, 1.165) is 10.1 Å². The molecule has 4 aromatic carbocycles. The van der Waals surface area contributed by atoms with Crippen LogP contribution in [0.15, 0.2) is 135 Å². The van der Waals surface area contributed by atoms with E-state index >= 15 is 0 Å². The Kier molecular flexibility index (Phi) is 7.36. The summed E-state index contributed by atoms with van der Waals surface area (Å²) >= 11 is 0. The summed E-state index contributed by atoms with van der Waals surface area (Å²) in [5, 5.41) is -0.235. The van der Waals surface area contributed by atoms with Crippen LogP contribution in [0.1, 0.15) is 16.7 Å². The van der Waals surface area contributed by atoms with Crippen molar-refractivity contribution in [2.45, 2.75) is 18.2 Å². The van der Waals surface area contributed by atoms with Crippen LogP contribution in [0.2, 0.25) is 0 Å². The number of benzene rings is 4. The summed E-state index contributed by atoms with van der Waals surface area (Å²) in [5.41, 5.74) is -0.167. The van der Waals surface area contributed by atoms with Gasteiger partial charge in [0.05, 0.1) is 16.9 Å². The average Bonchev–Trinajstić information content (AvgIpc) is 3.03. The minimum Gasteiger partial charge on any atom is -0.377 e. The first-order valence-corrected chi connectivity index (χ1v) is 15.2. The van der Waals surface area contributed by atoms with Crippen molar-refractivity contribution in [3.05, 3.63) is 163 Å². The number of para-hydroxylation sites is 2. The largest absolute Gasteiger partial charge is 0.377 e. The van der Waals surface area contributed by atoms with Crippen LogP contribution in [0.5, 0.6) is 5.75 Å². The van der Waals surface area contributed by atoms with Gasteiger partial charge in [-0.15, -0.1) is 0 Å². The zero-order chi connectivity index (χ0) is 31.0. The van der Waals surface area contributed by atoms with Gasteiger partial charge in [-0.2, -0.15) is 8.42 Å². The minimum absolute atomic E-state index is 0.0303. The van der Waals surface area contributed by atoms with Gasteiger partial charge in [0, 0.05) is 13.5 Å². The molecule has 0 radical (unpaired) electrons. The lowest BCUT2D eigenvalue weighted by Crippen LogP contribution is -2.41. The van der Waals surface area contributed by atoms with Crippen LogP contribution in [0.4, 0.5) is 0 Å². The van der Waals surface area contributed by atoms with Crippen LogP contribution in [-0.2, 0) is 23.6 Å². The molecule has 0 amide bonds. The Balaban J connectivity index is 1.79. The van der Waals surface area contributed by atoms with Crippen molar-refractivity contribution >= 4 is 21.2 Å². The van der Waals surface area contributed by atoms with Gasteiger partial charge in [0.25, 0.3) is 11.1 Å². The second-order valence-electron chi connectivity index (χ2n) is 10.3. The first kappa shape index (κ1) is 28.6. The minimum atomic E-state index is -4.53. The van der Waals surface area contributed by atoms with Gasteiger partial charge in [0.1, 0.15) is 15.9 Å². The molecule has 0 saturated carbocycles. The van der Waals surface area contributed by atoms with Crippen molar-refractivity contribution in [1.29, 1.82) is 0 Å². The highest BCUT2D eigenvalue weighted by atomic mass is 32.2. The van der Waals surface area contributed by atoms with Gasteiger partial charge in [0.15, 0.2) is 5.75 Å². The highest BCUT2D eigenvalue weighted by molar-refractivity contribution is 7.87. The fourth-order valence-electron chi connectivity index (χ4n) is 5.18. The van der Waals surface area contributed by atoms with Gasteiger partial charge >= 0.3 is 15.8 Å². The van der Waals surface area contributed by atoms with Crippen LogP contribution in [-0.4, -0.2) is 22.1 Å². The quantitative estimate of drug-likeness (QED) is 0.248. The first-order chi connectivity index (χ1) is 21.2. The van der Waals surface area contributed by atoms with Gasteiger partial charge in [-0.1, -0.05) is 84.4 Å². The summed E-state index contributed by atoms with van der Waals surface area (Å²) in [6.45, 7) is 1.82. The molecule has 10 heteroatoms. The molecule has 0 aliphatic heterocycles. The normalized spacial score (nSPS) is 11.5. The molecule has 0 unspecified atom stereocenters. The lowest BCUT2D eigenvalue weighted by Gasteiger charge is -2.20. The molecule has 0 atom stereocenters. The van der Waals surface area contributed by atoms with E-state index in [-0.39, 0.29) is 33.6 Å². The van der Waals surface area contributed by atoms with Crippen molar-refractivity contribution in [1.82, 2.24) is 13.7 Å². The van der Waals surface area contributed by atoms with Crippen molar-refractivity contribution < 1.29 is 12.6 Å². The number of fused-ring (bicyclic) bond motifs is 1. The van der Waals surface area contributed by atoms with Crippen molar-refractivity contribution in [3.63, 3.8) is 0 Å². The van der Waals surface area contributed by atoms with Crippen LogP contribution >= 0.6 is 0 Å². The Morgan fingerprint density at radius 3 is 1.75 bits per heavy atom. The molecule has 2 heterocycles. The topological polar surface area (TPSA) is 109 Å². The van der Waals surface area contributed by atoms with E-state index in [9.17, 15) is 22.8 Å². The monoisotopic (exact) mass is 605 g/mol. The predicted molar refractivity (Wildman–Crippen MR) is 169 cm³/mol. The highest BCUT2D eigenvalue weighted by Crippen LogP contribution is 2.30. The summed E-state index contributed by atoms with van der Waals surface area (Å²) in [6, 6.07) is 31.8. The van der Waals surface area contributed by atoms with Gasteiger partial charge in [0.2, 0.25) is 0 Å². The Morgan fingerprint density at radius 2 is 1.18 bits per heavy atom. The third-order valence-corrected chi connectivity index (χ3v) is 8.61. The molecule has 0 saturated heterocycles. The highest BCUT2D eigenvalue weighted by Gasteiger charge is 2.29. The smallest absolute Gasteiger partial charge is 0.341 e. The molecule has 2 aromatic heterocycles. The summed E-state index contributed by atoms with van der Waals surface area (Å²) in [4.78, 5) is 42.5. The Labute approximate surface area is 252 Å². The van der Waals surface area contributed by atoms with E-state index in [2.05, 4.69) is 0 Å². The first-order valence-electron chi connectivity index (χ1n) is 13.8. The molecule has 6 aromatic rings. The maximum atomic E-state index is 14.4. The van der Waals surface area contributed by atoms with E-state index in [1.165, 1.54) is 28.3 Å². The number of rotatable bonds is 7. The average molecular weight is 606 g/mol. The number of nitrogens with zero attached hydrogens (tertiary/aromatic N) is 3. The van der Waals surface area contributed by atoms with Gasteiger partial charge < -0.3 is 4.18 Å². The SMILES string of the molecule is Cc1ccc(S(=O)(=O)Oc2c(Cc3ccccc3)c(=O)n(C)c3c2c(=O)n(-c2ccccc2)c(=O)n3-c2ccccc2)cc1. The third kappa shape index (κ3) is 5.05. The molecule has 0 bridgehead atoms. The van der Waals surface area contributed by atoms with Crippen LogP contribution < -0.4 is 21.0 Å². The molecule has 0 fully saturated rings. The number of aromatic nitrogens is 3. The molecule has 0 aliphatic rings. The number of pyridine rings is 1.